The van der Waals surface area contributed by atoms with Crippen LogP contribution in [0.2, 0.25) is 0 Å². The Morgan fingerprint density at radius 1 is 1.29 bits per heavy atom. The zero-order chi connectivity index (χ0) is 16.8. The molecule has 1 heterocycles. The summed E-state index contributed by atoms with van der Waals surface area (Å²) in [7, 11) is 4.11. The molecule has 0 aromatic heterocycles. The van der Waals surface area contributed by atoms with Crippen molar-refractivity contribution in [3.05, 3.63) is 47.7 Å². The zero-order valence-corrected chi connectivity index (χ0v) is 15.2. The van der Waals surface area contributed by atoms with Gasteiger partial charge < -0.3 is 9.64 Å². The summed E-state index contributed by atoms with van der Waals surface area (Å²) in [6.07, 6.45) is 9.63. The minimum absolute atomic E-state index is 0.683. The first-order valence-corrected chi connectivity index (χ1v) is 9.45. The van der Waals surface area contributed by atoms with E-state index < -0.39 is 0 Å². The predicted molar refractivity (Wildman–Crippen MR) is 102 cm³/mol. The highest BCUT2D eigenvalue weighted by atomic mass is 32.2. The van der Waals surface area contributed by atoms with Crippen molar-refractivity contribution >= 4 is 17.5 Å². The van der Waals surface area contributed by atoms with Crippen LogP contribution in [0.3, 0.4) is 0 Å². The van der Waals surface area contributed by atoms with Crippen LogP contribution >= 0.6 is 11.8 Å². The fourth-order valence-electron chi connectivity index (χ4n) is 2.70. The van der Waals surface area contributed by atoms with Crippen molar-refractivity contribution in [2.45, 2.75) is 24.2 Å². The minimum atomic E-state index is 0.683. The van der Waals surface area contributed by atoms with E-state index in [4.69, 9.17) is 9.84 Å². The molecular weight excluding hydrogens is 318 g/mol. The average molecular weight is 343 g/mol. The molecule has 2 aliphatic rings. The molecule has 1 aromatic rings. The molecule has 0 radical (unpaired) electrons. The molecule has 24 heavy (non-hydrogen) atoms. The van der Waals surface area contributed by atoms with Gasteiger partial charge in [0.1, 0.15) is 12.4 Å². The maximum Gasteiger partial charge on any atom is 0.129 e. The maximum atomic E-state index is 6.05. The average Bonchev–Trinajstić information content (AvgIpc) is 2.60. The van der Waals surface area contributed by atoms with Gasteiger partial charge in [-0.2, -0.15) is 5.10 Å². The molecule has 1 aliphatic heterocycles. The van der Waals surface area contributed by atoms with Crippen LogP contribution in [0.5, 0.6) is 5.75 Å². The summed E-state index contributed by atoms with van der Waals surface area (Å²) in [4.78, 5) is 3.39. The smallest absolute Gasteiger partial charge is 0.129 e. The van der Waals surface area contributed by atoms with Crippen LogP contribution in [0.1, 0.15) is 24.8 Å². The van der Waals surface area contributed by atoms with Gasteiger partial charge in [0.2, 0.25) is 0 Å². The first-order valence-electron chi connectivity index (χ1n) is 8.47. The van der Waals surface area contributed by atoms with E-state index in [-0.39, 0.29) is 0 Å². The molecule has 0 spiro atoms. The summed E-state index contributed by atoms with van der Waals surface area (Å²) in [6, 6.07) is 6.28. The summed E-state index contributed by atoms with van der Waals surface area (Å²) in [6.45, 7) is 1.59. The molecule has 1 aliphatic carbocycles. The molecule has 1 aromatic carbocycles. The molecule has 128 valence electrons. The quantitative estimate of drug-likeness (QED) is 0.800. The van der Waals surface area contributed by atoms with E-state index >= 15 is 0 Å². The molecule has 0 bridgehead atoms. The molecule has 3 rings (SSSR count). The van der Waals surface area contributed by atoms with E-state index in [0.717, 1.165) is 54.3 Å². The Morgan fingerprint density at radius 3 is 3.00 bits per heavy atom. The van der Waals surface area contributed by atoms with Gasteiger partial charge >= 0.3 is 0 Å². The van der Waals surface area contributed by atoms with Gasteiger partial charge in [-0.05, 0) is 45.1 Å². The van der Waals surface area contributed by atoms with Gasteiger partial charge in [-0.25, -0.2) is 0 Å². The normalized spacial score (nSPS) is 18.5. The number of ether oxygens (including phenoxy) is 1. The lowest BCUT2D eigenvalue weighted by molar-refractivity contribution is 0.260. The molecule has 5 heteroatoms. The van der Waals surface area contributed by atoms with Crippen LogP contribution in [-0.2, 0) is 0 Å². The second-order valence-corrected chi connectivity index (χ2v) is 7.33. The summed E-state index contributed by atoms with van der Waals surface area (Å²) in [5.41, 5.74) is 6.55. The van der Waals surface area contributed by atoms with Crippen molar-refractivity contribution < 1.29 is 4.74 Å². The number of hydrazone groups is 1. The Morgan fingerprint density at radius 2 is 2.21 bits per heavy atom. The molecule has 0 saturated heterocycles. The van der Waals surface area contributed by atoms with Crippen molar-refractivity contribution in [3.63, 3.8) is 0 Å². The molecule has 4 nitrogen and oxygen atoms in total. The van der Waals surface area contributed by atoms with Gasteiger partial charge in [0.25, 0.3) is 0 Å². The van der Waals surface area contributed by atoms with Crippen LogP contribution in [0.4, 0.5) is 0 Å². The van der Waals surface area contributed by atoms with Gasteiger partial charge in [-0.15, -0.1) is 11.8 Å². The van der Waals surface area contributed by atoms with E-state index in [1.165, 1.54) is 4.90 Å². The Labute approximate surface area is 148 Å². The number of benzene rings is 1. The lowest BCUT2D eigenvalue weighted by atomic mass is 10.1. The van der Waals surface area contributed by atoms with Gasteiger partial charge in [0.15, 0.2) is 0 Å². The number of nitrogens with zero attached hydrogens (tertiary/aromatic N) is 2. The van der Waals surface area contributed by atoms with Gasteiger partial charge in [-0.1, -0.05) is 18.2 Å². The van der Waals surface area contributed by atoms with Crippen molar-refractivity contribution in [1.82, 2.24) is 10.3 Å². The summed E-state index contributed by atoms with van der Waals surface area (Å²) >= 11 is 1.88. The second-order valence-electron chi connectivity index (χ2n) is 6.19. The minimum Gasteiger partial charge on any atom is -0.492 e. The Balaban J connectivity index is 1.79. The van der Waals surface area contributed by atoms with Crippen LogP contribution in [0.15, 0.2) is 52.1 Å². The highest BCUT2D eigenvalue weighted by molar-refractivity contribution is 7.99. The number of nitrogens with one attached hydrogen (secondary N) is 1. The third kappa shape index (κ3) is 4.42. The third-order valence-electron chi connectivity index (χ3n) is 3.98. The Kier molecular flexibility index (Phi) is 5.99. The fraction of sp³-hybridized carbons (Fsp3) is 0.421. The number of rotatable bonds is 6. The number of thioether (sulfide) groups is 1. The van der Waals surface area contributed by atoms with Crippen LogP contribution in [-0.4, -0.2) is 43.6 Å². The van der Waals surface area contributed by atoms with Crippen molar-refractivity contribution in [1.29, 1.82) is 0 Å². The van der Waals surface area contributed by atoms with Gasteiger partial charge in [-0.3, -0.25) is 5.43 Å². The second kappa shape index (κ2) is 8.40. The van der Waals surface area contributed by atoms with E-state index in [9.17, 15) is 0 Å². The predicted octanol–water partition coefficient (Wildman–Crippen LogP) is 3.65. The van der Waals surface area contributed by atoms with Crippen molar-refractivity contribution in [2.24, 2.45) is 5.10 Å². The summed E-state index contributed by atoms with van der Waals surface area (Å²) in [5.74, 6) is 2.00. The number of hydrogen-bond donors (Lipinski definition) is 1. The first kappa shape index (κ1) is 17.1. The molecule has 0 unspecified atom stereocenters. The highest BCUT2D eigenvalue weighted by Gasteiger charge is 2.21. The standard InChI is InChI=1S/C19H25N3OS/c1-22(2)12-13-23-17-9-6-10-18-19(17)16(11-14-24-18)21-20-15-7-4-3-5-8-15/h4,6-10,20H,3,5,11-14H2,1-2H3/b21-16+. The van der Waals surface area contributed by atoms with Crippen LogP contribution < -0.4 is 10.2 Å². The Hall–Kier alpha value is -1.72. The van der Waals surface area contributed by atoms with Crippen molar-refractivity contribution in [3.8, 4) is 5.75 Å². The first-order chi connectivity index (χ1) is 11.7. The third-order valence-corrected chi connectivity index (χ3v) is 5.04. The van der Waals surface area contributed by atoms with E-state index in [0.29, 0.717) is 6.61 Å². The van der Waals surface area contributed by atoms with Gasteiger partial charge in [0, 0.05) is 23.6 Å². The summed E-state index contributed by atoms with van der Waals surface area (Å²) < 4.78 is 6.05. The zero-order valence-electron chi connectivity index (χ0n) is 14.4. The lowest BCUT2D eigenvalue weighted by Crippen LogP contribution is -2.21. The topological polar surface area (TPSA) is 36.9 Å². The molecular formula is C19H25N3OS. The largest absolute Gasteiger partial charge is 0.492 e. The summed E-state index contributed by atoms with van der Waals surface area (Å²) in [5, 5.41) is 4.70. The van der Waals surface area contributed by atoms with E-state index in [1.807, 2.05) is 11.8 Å². The number of allylic oxidation sites excluding steroid dienone is 3. The number of hydrogen-bond acceptors (Lipinski definition) is 5. The molecule has 0 amide bonds. The van der Waals surface area contributed by atoms with Crippen molar-refractivity contribution in [2.75, 3.05) is 33.0 Å². The molecule has 0 fully saturated rings. The maximum absolute atomic E-state index is 6.05. The van der Waals surface area contributed by atoms with Crippen LogP contribution in [0, 0.1) is 0 Å². The molecule has 0 saturated carbocycles. The molecule has 1 N–H and O–H groups in total. The van der Waals surface area contributed by atoms with Gasteiger partial charge in [0.05, 0.1) is 17.0 Å². The highest BCUT2D eigenvalue weighted by Crippen LogP contribution is 2.36. The van der Waals surface area contributed by atoms with Crippen LogP contribution in [0.25, 0.3) is 0 Å². The fourth-order valence-corrected chi connectivity index (χ4v) is 3.75. The number of likely N-dealkylation sites (N-methyl/N-ethyl adjacent to an activating group) is 1. The number of fused-ring (bicyclic) bond motifs is 1. The Bertz CT molecular complexity index is 665. The SMILES string of the molecule is CN(C)CCOc1cccc2c1/C(=N/NC1=CCCC=C1)CCS2. The molecule has 0 atom stereocenters. The van der Waals surface area contributed by atoms with E-state index in [2.05, 4.69) is 60.8 Å². The monoisotopic (exact) mass is 343 g/mol. The lowest BCUT2D eigenvalue weighted by Gasteiger charge is -2.21. The van der Waals surface area contributed by atoms with E-state index in [1.54, 1.807) is 0 Å².